The molecule has 2 N–H and O–H groups in total. The number of nitriles is 1. The Morgan fingerprint density at radius 2 is 1.84 bits per heavy atom. The summed E-state index contributed by atoms with van der Waals surface area (Å²) in [5.74, 6) is -0.604. The van der Waals surface area contributed by atoms with E-state index in [1.54, 1.807) is 30.5 Å². The predicted octanol–water partition coefficient (Wildman–Crippen LogP) is 4.96. The van der Waals surface area contributed by atoms with Crippen molar-refractivity contribution in [3.8, 4) is 17.2 Å². The van der Waals surface area contributed by atoms with Crippen LogP contribution in [0.25, 0.3) is 21.9 Å². The van der Waals surface area contributed by atoms with E-state index in [4.69, 9.17) is 0 Å². The van der Waals surface area contributed by atoms with Gasteiger partial charge in [-0.05, 0) is 18.2 Å². The molecule has 5 rings (SSSR count). The van der Waals surface area contributed by atoms with Gasteiger partial charge in [0.05, 0.1) is 29.2 Å². The number of urea groups is 1. The number of aliphatic hydroxyl groups excluding tert-OH is 1. The van der Waals surface area contributed by atoms with Gasteiger partial charge in [0.1, 0.15) is 5.82 Å². The van der Waals surface area contributed by atoms with Crippen molar-refractivity contribution >= 4 is 28.2 Å². The highest BCUT2D eigenvalue weighted by molar-refractivity contribution is 6.10. The average Bonchev–Trinajstić information content (AvgIpc) is 2.79. The first kappa shape index (κ1) is 18.7. The lowest BCUT2D eigenvalue weighted by Crippen LogP contribution is -2.42. The Labute approximate surface area is 176 Å². The number of carbonyl (C=O) groups is 1. The van der Waals surface area contributed by atoms with Gasteiger partial charge in [-0.1, -0.05) is 42.5 Å². The molecule has 0 aliphatic carbocycles. The highest BCUT2D eigenvalue weighted by Gasteiger charge is 2.34. The molecular formula is C24H15FN4O2. The van der Waals surface area contributed by atoms with Crippen LogP contribution in [0.15, 0.2) is 73.1 Å². The van der Waals surface area contributed by atoms with Gasteiger partial charge >= 0.3 is 6.03 Å². The van der Waals surface area contributed by atoms with E-state index < -0.39 is 18.1 Å². The summed E-state index contributed by atoms with van der Waals surface area (Å²) in [6.07, 6.45) is 1.75. The number of anilines is 2. The number of halogens is 1. The van der Waals surface area contributed by atoms with Gasteiger partial charge in [0.2, 0.25) is 0 Å². The fraction of sp³-hybridized carbons (Fsp3) is 0.0417. The van der Waals surface area contributed by atoms with Crippen molar-refractivity contribution in [2.45, 2.75) is 6.23 Å². The summed E-state index contributed by atoms with van der Waals surface area (Å²) in [4.78, 5) is 18.3. The van der Waals surface area contributed by atoms with Gasteiger partial charge in [0.15, 0.2) is 6.23 Å². The lowest BCUT2D eigenvalue weighted by atomic mass is 9.96. The fourth-order valence-electron chi connectivity index (χ4n) is 3.89. The molecule has 0 spiro atoms. The number of hydrogen-bond acceptors (Lipinski definition) is 4. The number of carbonyl (C=O) groups excluding carboxylic acids is 1. The molecule has 1 aliphatic heterocycles. The number of aliphatic hydroxyl groups is 1. The van der Waals surface area contributed by atoms with Crippen molar-refractivity contribution in [2.75, 3.05) is 10.2 Å². The quantitative estimate of drug-likeness (QED) is 0.489. The van der Waals surface area contributed by atoms with Crippen LogP contribution in [0.4, 0.5) is 20.6 Å². The molecule has 0 saturated carbocycles. The summed E-state index contributed by atoms with van der Waals surface area (Å²) < 4.78 is 15.1. The Hall–Kier alpha value is -4.28. The molecular weight excluding hydrogens is 395 g/mol. The second kappa shape index (κ2) is 7.20. The first-order valence-corrected chi connectivity index (χ1v) is 9.52. The molecule has 1 aromatic heterocycles. The largest absolute Gasteiger partial charge is 0.369 e. The van der Waals surface area contributed by atoms with Crippen LogP contribution >= 0.6 is 0 Å². The van der Waals surface area contributed by atoms with Gasteiger partial charge in [0, 0.05) is 33.7 Å². The smallest absolute Gasteiger partial charge is 0.328 e. The summed E-state index contributed by atoms with van der Waals surface area (Å²) in [6.45, 7) is 0. The lowest BCUT2D eigenvalue weighted by Gasteiger charge is -2.34. The van der Waals surface area contributed by atoms with Crippen molar-refractivity contribution in [1.82, 2.24) is 4.98 Å². The summed E-state index contributed by atoms with van der Waals surface area (Å²) in [5.41, 5.74) is 1.80. The number of hydrogen-bond donors (Lipinski definition) is 2. The molecule has 2 amide bonds. The molecule has 3 aromatic carbocycles. The summed E-state index contributed by atoms with van der Waals surface area (Å²) in [6, 6.07) is 18.1. The lowest BCUT2D eigenvalue weighted by molar-refractivity contribution is 0.170. The van der Waals surface area contributed by atoms with Gasteiger partial charge in [-0.25, -0.2) is 9.18 Å². The topological polar surface area (TPSA) is 89.2 Å². The number of rotatable bonds is 2. The van der Waals surface area contributed by atoms with Crippen LogP contribution in [0.3, 0.4) is 0 Å². The molecule has 2 heterocycles. The van der Waals surface area contributed by atoms with E-state index in [-0.39, 0.29) is 16.8 Å². The van der Waals surface area contributed by atoms with Gasteiger partial charge in [0.25, 0.3) is 0 Å². The van der Waals surface area contributed by atoms with Crippen LogP contribution in [-0.2, 0) is 0 Å². The first-order chi connectivity index (χ1) is 15.1. The third-order valence-electron chi connectivity index (χ3n) is 5.37. The first-order valence-electron chi connectivity index (χ1n) is 9.52. The molecule has 1 aliphatic rings. The van der Waals surface area contributed by atoms with E-state index in [2.05, 4.69) is 10.3 Å². The zero-order valence-corrected chi connectivity index (χ0v) is 16.1. The molecule has 1 unspecified atom stereocenters. The highest BCUT2D eigenvalue weighted by Crippen LogP contribution is 2.40. The third kappa shape index (κ3) is 2.98. The minimum absolute atomic E-state index is 0.170. The third-order valence-corrected chi connectivity index (χ3v) is 5.37. The van der Waals surface area contributed by atoms with Crippen molar-refractivity contribution in [1.29, 1.82) is 5.26 Å². The predicted molar refractivity (Wildman–Crippen MR) is 115 cm³/mol. The van der Waals surface area contributed by atoms with Crippen LogP contribution in [-0.4, -0.2) is 16.1 Å². The Balaban J connectivity index is 1.63. The van der Waals surface area contributed by atoms with Crippen LogP contribution in [0.2, 0.25) is 0 Å². The number of benzene rings is 3. The van der Waals surface area contributed by atoms with Gasteiger partial charge < -0.3 is 10.4 Å². The zero-order chi connectivity index (χ0) is 21.5. The molecule has 0 bridgehead atoms. The average molecular weight is 410 g/mol. The normalized spacial score (nSPS) is 15.3. The Kier molecular flexibility index (Phi) is 4.35. The summed E-state index contributed by atoms with van der Waals surface area (Å²) >= 11 is 0. The van der Waals surface area contributed by atoms with Crippen molar-refractivity contribution in [2.24, 2.45) is 0 Å². The van der Waals surface area contributed by atoms with Gasteiger partial charge in [-0.3, -0.25) is 9.88 Å². The number of nitrogens with one attached hydrogen (secondary N) is 1. The van der Waals surface area contributed by atoms with Crippen molar-refractivity contribution < 1.29 is 14.3 Å². The molecule has 150 valence electrons. The molecule has 0 saturated heterocycles. The molecule has 0 radical (unpaired) electrons. The molecule has 1 atom stereocenters. The van der Waals surface area contributed by atoms with Crippen LogP contribution in [0.5, 0.6) is 0 Å². The van der Waals surface area contributed by atoms with E-state index in [0.717, 1.165) is 15.7 Å². The number of amides is 2. The monoisotopic (exact) mass is 410 g/mol. The second-order valence-corrected chi connectivity index (χ2v) is 7.13. The van der Waals surface area contributed by atoms with E-state index in [0.29, 0.717) is 16.8 Å². The highest BCUT2D eigenvalue weighted by atomic mass is 19.1. The summed E-state index contributed by atoms with van der Waals surface area (Å²) in [7, 11) is 0. The van der Waals surface area contributed by atoms with E-state index >= 15 is 4.39 Å². The van der Waals surface area contributed by atoms with Crippen molar-refractivity contribution in [3.05, 3.63) is 90.0 Å². The maximum atomic E-state index is 15.1. The molecule has 7 heteroatoms. The van der Waals surface area contributed by atoms with E-state index in [1.807, 2.05) is 30.3 Å². The number of pyridine rings is 1. The number of fused-ring (bicyclic) bond motifs is 2. The van der Waals surface area contributed by atoms with Crippen molar-refractivity contribution in [3.63, 3.8) is 0 Å². The number of nitrogens with zero attached hydrogens (tertiary/aromatic N) is 3. The Morgan fingerprint density at radius 1 is 1.06 bits per heavy atom. The van der Waals surface area contributed by atoms with E-state index in [9.17, 15) is 15.2 Å². The zero-order valence-electron chi connectivity index (χ0n) is 16.1. The fourth-order valence-corrected chi connectivity index (χ4v) is 3.89. The van der Waals surface area contributed by atoms with Crippen LogP contribution in [0.1, 0.15) is 17.4 Å². The van der Waals surface area contributed by atoms with E-state index in [1.165, 1.54) is 18.3 Å². The maximum absolute atomic E-state index is 15.1. The summed E-state index contributed by atoms with van der Waals surface area (Å²) in [5, 5.41) is 24.6. The van der Waals surface area contributed by atoms with Gasteiger partial charge in [-0.2, -0.15) is 5.26 Å². The Bertz CT molecular complexity index is 1390. The second-order valence-electron chi connectivity index (χ2n) is 7.13. The number of aromatic nitrogens is 1. The maximum Gasteiger partial charge on any atom is 0.328 e. The molecule has 6 nitrogen and oxygen atoms in total. The Morgan fingerprint density at radius 3 is 2.68 bits per heavy atom. The van der Waals surface area contributed by atoms with Crippen LogP contribution in [0, 0.1) is 17.1 Å². The SMILES string of the molecule is N#Cc1ccccc1-c1cc2c(cc1F)C(O)N(c1cncc3ccccc13)C(=O)N2. The molecule has 4 aromatic rings. The van der Waals surface area contributed by atoms with Gasteiger partial charge in [-0.15, -0.1) is 0 Å². The standard InChI is InChI=1S/C24H15FN4O2/c25-20-9-19-21(10-18(20)16-7-3-1-5-14(16)11-26)28-24(31)29(23(19)30)22-13-27-12-15-6-2-4-8-17(15)22/h1-10,12-13,23,30H,(H,28,31). The molecule has 0 fully saturated rings. The minimum atomic E-state index is -1.41. The molecule has 31 heavy (non-hydrogen) atoms. The van der Waals surface area contributed by atoms with Crippen LogP contribution < -0.4 is 10.2 Å². The minimum Gasteiger partial charge on any atom is -0.369 e.